The number of hydrogen-bond acceptors (Lipinski definition) is 8. The molecule has 0 fully saturated rings. The Morgan fingerprint density at radius 3 is 2.53 bits per heavy atom. The Bertz CT molecular complexity index is 1530. The van der Waals surface area contributed by atoms with E-state index in [1.807, 2.05) is 43.3 Å². The number of nitrogens with zero attached hydrogens (tertiary/aromatic N) is 4. The Balaban J connectivity index is 1.52. The number of hydrogen-bond donors (Lipinski definition) is 2. The Morgan fingerprint density at radius 1 is 1.00 bits per heavy atom. The van der Waals surface area contributed by atoms with Crippen LogP contribution in [0.25, 0.3) is 27.0 Å². The first kappa shape index (κ1) is 23.8. The van der Waals surface area contributed by atoms with Gasteiger partial charge in [-0.05, 0) is 32.9 Å². The minimum absolute atomic E-state index is 0.103. The fraction of sp³-hybridized carbons (Fsp3) is 0.222. The molecule has 9 heteroatoms. The summed E-state index contributed by atoms with van der Waals surface area (Å²) in [6, 6.07) is 15.9. The second-order valence-electron chi connectivity index (χ2n) is 8.40. The summed E-state index contributed by atoms with van der Waals surface area (Å²) >= 11 is 1.64. The lowest BCUT2D eigenvalue weighted by Gasteiger charge is -2.15. The van der Waals surface area contributed by atoms with Gasteiger partial charge in [0, 0.05) is 39.2 Å². The van der Waals surface area contributed by atoms with Crippen molar-refractivity contribution in [3.63, 3.8) is 0 Å². The number of ether oxygens (including phenoxy) is 2. The minimum atomic E-state index is 0.103. The first-order valence-corrected chi connectivity index (χ1v) is 12.5. The van der Waals surface area contributed by atoms with Gasteiger partial charge in [0.15, 0.2) is 5.82 Å². The molecule has 0 atom stereocenters. The molecule has 0 amide bonds. The number of nitrogens with one attached hydrogen (secondary N) is 1. The summed E-state index contributed by atoms with van der Waals surface area (Å²) in [5, 5.41) is 17.6. The normalized spacial score (nSPS) is 11.1. The molecule has 3 heterocycles. The molecule has 0 spiro atoms. The summed E-state index contributed by atoms with van der Waals surface area (Å²) in [7, 11) is 1.65. The van der Waals surface area contributed by atoms with Crippen LogP contribution < -0.4 is 20.5 Å². The highest BCUT2D eigenvalue weighted by atomic mass is 32.1. The lowest BCUT2D eigenvalue weighted by molar-refractivity contribution is 0.326. The molecule has 8 nitrogen and oxygen atoms in total. The summed E-state index contributed by atoms with van der Waals surface area (Å²) in [4.78, 5) is 4.80. The predicted octanol–water partition coefficient (Wildman–Crippen LogP) is 5.38. The fourth-order valence-electron chi connectivity index (χ4n) is 4.58. The zero-order chi connectivity index (χ0) is 25.2. The van der Waals surface area contributed by atoms with Gasteiger partial charge >= 0.3 is 0 Å². The van der Waals surface area contributed by atoms with Crippen LogP contribution in [0.5, 0.6) is 11.5 Å². The van der Waals surface area contributed by atoms with E-state index >= 15 is 0 Å². The van der Waals surface area contributed by atoms with Gasteiger partial charge in [0.05, 0.1) is 30.7 Å². The fourth-order valence-corrected chi connectivity index (χ4v) is 5.41. The second-order valence-corrected chi connectivity index (χ2v) is 9.26. The maximum absolute atomic E-state index is 5.70. The van der Waals surface area contributed by atoms with E-state index in [2.05, 4.69) is 51.4 Å². The summed E-state index contributed by atoms with van der Waals surface area (Å²) in [6.07, 6.45) is 0. The van der Waals surface area contributed by atoms with Crippen molar-refractivity contribution >= 4 is 27.9 Å². The van der Waals surface area contributed by atoms with E-state index in [1.165, 1.54) is 0 Å². The zero-order valence-corrected chi connectivity index (χ0v) is 21.5. The third-order valence-corrected chi connectivity index (χ3v) is 7.13. The van der Waals surface area contributed by atoms with Crippen molar-refractivity contribution in [1.29, 1.82) is 0 Å². The molecule has 0 saturated heterocycles. The zero-order valence-electron chi connectivity index (χ0n) is 20.7. The molecule has 0 aliphatic carbocycles. The van der Waals surface area contributed by atoms with Crippen LogP contribution in [-0.2, 0) is 6.54 Å². The van der Waals surface area contributed by atoms with Crippen LogP contribution in [0.2, 0.25) is 0 Å². The number of nitrogens with two attached hydrogens (primary N) is 1. The molecule has 0 aliphatic rings. The molecule has 0 saturated carbocycles. The number of anilines is 1. The minimum Gasteiger partial charge on any atom is -0.494 e. The smallest absolute Gasteiger partial charge is 0.158 e. The molecule has 0 unspecified atom stereocenters. The van der Waals surface area contributed by atoms with Crippen LogP contribution in [0, 0.1) is 20.8 Å². The summed E-state index contributed by atoms with van der Waals surface area (Å²) in [5.74, 6) is 2.08. The van der Waals surface area contributed by atoms with Crippen molar-refractivity contribution in [3.8, 4) is 27.8 Å². The van der Waals surface area contributed by atoms with Gasteiger partial charge in [-0.2, -0.15) is 5.10 Å². The molecular weight excluding hydrogens is 472 g/mol. The van der Waals surface area contributed by atoms with Crippen LogP contribution in [0.3, 0.4) is 0 Å². The molecule has 0 radical (unpaired) electrons. The van der Waals surface area contributed by atoms with Crippen LogP contribution in [-0.4, -0.2) is 33.6 Å². The van der Waals surface area contributed by atoms with Crippen molar-refractivity contribution in [2.75, 3.05) is 19.2 Å². The van der Waals surface area contributed by atoms with Crippen LogP contribution in [0.15, 0.2) is 53.9 Å². The molecular formula is C27H28N6O2S. The van der Waals surface area contributed by atoms with E-state index in [1.54, 1.807) is 18.4 Å². The number of aromatic nitrogens is 4. The molecule has 3 N–H and O–H groups in total. The third kappa shape index (κ3) is 4.27. The van der Waals surface area contributed by atoms with Crippen molar-refractivity contribution in [2.45, 2.75) is 27.3 Å². The van der Waals surface area contributed by atoms with Crippen molar-refractivity contribution in [2.24, 2.45) is 5.73 Å². The average molecular weight is 501 g/mol. The van der Waals surface area contributed by atoms with Crippen molar-refractivity contribution in [1.82, 2.24) is 19.7 Å². The number of methoxy groups -OCH3 is 1. The third-order valence-electron chi connectivity index (χ3n) is 6.19. The van der Waals surface area contributed by atoms with Gasteiger partial charge in [0.1, 0.15) is 23.2 Å². The first-order valence-electron chi connectivity index (χ1n) is 11.6. The number of fused-ring (bicyclic) bond motifs is 1. The number of benzene rings is 2. The van der Waals surface area contributed by atoms with Gasteiger partial charge in [-0.3, -0.25) is 5.73 Å². The molecule has 5 rings (SSSR count). The topological polar surface area (TPSA) is 100 Å². The van der Waals surface area contributed by atoms with Gasteiger partial charge in [-0.25, -0.2) is 4.98 Å². The van der Waals surface area contributed by atoms with E-state index in [0.29, 0.717) is 18.0 Å². The average Bonchev–Trinajstić information content (AvgIpc) is 3.47. The lowest BCUT2D eigenvalue weighted by Crippen LogP contribution is -2.08. The van der Waals surface area contributed by atoms with Crippen molar-refractivity contribution < 1.29 is 9.47 Å². The highest BCUT2D eigenvalue weighted by Crippen LogP contribution is 2.37. The molecule has 5 aromatic rings. The highest BCUT2D eigenvalue weighted by Gasteiger charge is 2.21. The Hall–Kier alpha value is -3.95. The maximum Gasteiger partial charge on any atom is 0.158 e. The predicted molar refractivity (Wildman–Crippen MR) is 144 cm³/mol. The quantitative estimate of drug-likeness (QED) is 0.276. The molecule has 2 aromatic carbocycles. The van der Waals surface area contributed by atoms with Crippen LogP contribution in [0.1, 0.15) is 22.8 Å². The Morgan fingerprint density at radius 2 is 1.78 bits per heavy atom. The maximum atomic E-state index is 5.70. The van der Waals surface area contributed by atoms with Crippen LogP contribution >= 0.6 is 11.3 Å². The van der Waals surface area contributed by atoms with Crippen molar-refractivity contribution in [3.05, 3.63) is 76.7 Å². The number of rotatable bonds is 8. The number of aryl methyl sites for hydroxylation is 3. The van der Waals surface area contributed by atoms with Gasteiger partial charge in [0.2, 0.25) is 0 Å². The van der Waals surface area contributed by atoms with E-state index in [-0.39, 0.29) is 6.73 Å². The molecule has 0 aliphatic heterocycles. The SMILES string of the molecule is COc1cc(OCN)ccc1-n1c(C)c2c(C)nnc(NCc3csc(-c4ccccc4)n3)c2c1C. The van der Waals surface area contributed by atoms with Gasteiger partial charge in [-0.15, -0.1) is 16.4 Å². The van der Waals surface area contributed by atoms with E-state index < -0.39 is 0 Å². The summed E-state index contributed by atoms with van der Waals surface area (Å²) in [5.41, 5.74) is 11.5. The highest BCUT2D eigenvalue weighted by molar-refractivity contribution is 7.13. The van der Waals surface area contributed by atoms with Crippen LogP contribution in [0.4, 0.5) is 5.82 Å². The standard InChI is InChI=1S/C27H28N6O2S/c1-16-24-17(2)33(22-11-10-21(35-15-28)12-23(22)34-4)18(3)25(24)26(32-31-16)29-13-20-14-36-27(30-20)19-8-6-5-7-9-19/h5-12,14H,13,15,28H2,1-4H3,(H,29,32). The summed E-state index contributed by atoms with van der Waals surface area (Å²) < 4.78 is 13.3. The van der Waals surface area contributed by atoms with E-state index in [9.17, 15) is 0 Å². The van der Waals surface area contributed by atoms with E-state index in [0.717, 1.165) is 55.6 Å². The summed E-state index contributed by atoms with van der Waals surface area (Å²) in [6.45, 7) is 6.81. The molecule has 36 heavy (non-hydrogen) atoms. The van der Waals surface area contributed by atoms with Gasteiger partial charge < -0.3 is 19.4 Å². The molecule has 3 aromatic heterocycles. The molecule has 0 bridgehead atoms. The lowest BCUT2D eigenvalue weighted by atomic mass is 10.1. The largest absolute Gasteiger partial charge is 0.494 e. The molecule has 184 valence electrons. The van der Waals surface area contributed by atoms with Gasteiger partial charge in [-0.1, -0.05) is 30.3 Å². The monoisotopic (exact) mass is 500 g/mol. The first-order chi connectivity index (χ1) is 17.5. The Kier molecular flexibility index (Phi) is 6.58. The Labute approximate surface area is 213 Å². The number of thiazole rings is 1. The second kappa shape index (κ2) is 9.96. The van der Waals surface area contributed by atoms with E-state index in [4.69, 9.17) is 20.2 Å². The van der Waals surface area contributed by atoms with Gasteiger partial charge in [0.25, 0.3) is 0 Å².